The molecule has 3 nitrogen and oxygen atoms in total. The Morgan fingerprint density at radius 2 is 2.06 bits per heavy atom. The molecular weight excluding hydrogens is 355 g/mol. The van der Waals surface area contributed by atoms with Gasteiger partial charge in [-0.3, -0.25) is 0 Å². The average Bonchev–Trinajstić information content (AvgIpc) is 2.51. The predicted octanol–water partition coefficient (Wildman–Crippen LogP) is 3.47. The van der Waals surface area contributed by atoms with E-state index in [0.29, 0.717) is 25.7 Å². The van der Waals surface area contributed by atoms with Gasteiger partial charge in [-0.25, -0.2) is 9.07 Å². The van der Waals surface area contributed by atoms with Gasteiger partial charge in [0.25, 0.3) is 0 Å². The highest BCUT2D eigenvalue weighted by Crippen LogP contribution is 2.27. The smallest absolute Gasteiger partial charge is 0.138 e. The lowest BCUT2D eigenvalue weighted by Crippen LogP contribution is -2.05. The summed E-state index contributed by atoms with van der Waals surface area (Å²) in [6.07, 6.45) is 0. The normalized spacial score (nSPS) is 10.9. The largest absolute Gasteiger partial charge is 0.397 e. The Labute approximate surface area is 117 Å². The molecule has 90 valence electrons. The predicted molar refractivity (Wildman–Crippen MR) is 75.1 cm³/mol. The summed E-state index contributed by atoms with van der Waals surface area (Å²) in [5, 5.41) is 4.82. The summed E-state index contributed by atoms with van der Waals surface area (Å²) in [4.78, 5) is 0. The SMILES string of the molecule is Cc1nn(-c2cc(F)c(I)cc2N)c(C)c1Cl. The van der Waals surface area contributed by atoms with E-state index < -0.39 is 0 Å². The van der Waals surface area contributed by atoms with Crippen molar-refractivity contribution >= 4 is 39.9 Å². The van der Waals surface area contributed by atoms with Crippen molar-refractivity contribution in [1.29, 1.82) is 0 Å². The first-order valence-corrected chi connectivity index (χ1v) is 6.34. The fraction of sp³-hybridized carbons (Fsp3) is 0.182. The molecule has 1 aromatic carbocycles. The average molecular weight is 366 g/mol. The molecule has 0 saturated heterocycles. The second-order valence-electron chi connectivity index (χ2n) is 3.72. The number of benzene rings is 1. The van der Waals surface area contributed by atoms with Crippen LogP contribution in [0.5, 0.6) is 0 Å². The van der Waals surface area contributed by atoms with E-state index in [0.717, 1.165) is 5.69 Å². The molecule has 1 aromatic heterocycles. The molecule has 6 heteroatoms. The number of aryl methyl sites for hydroxylation is 1. The second kappa shape index (κ2) is 4.45. The third-order valence-electron chi connectivity index (χ3n) is 2.50. The summed E-state index contributed by atoms with van der Waals surface area (Å²) in [6, 6.07) is 2.95. The first-order valence-electron chi connectivity index (χ1n) is 4.88. The van der Waals surface area contributed by atoms with Crippen molar-refractivity contribution in [2.45, 2.75) is 13.8 Å². The van der Waals surface area contributed by atoms with E-state index in [1.807, 2.05) is 29.5 Å². The fourth-order valence-electron chi connectivity index (χ4n) is 1.59. The van der Waals surface area contributed by atoms with Gasteiger partial charge in [-0.15, -0.1) is 0 Å². The lowest BCUT2D eigenvalue weighted by Gasteiger charge is -2.09. The van der Waals surface area contributed by atoms with Crippen molar-refractivity contribution in [3.63, 3.8) is 0 Å². The van der Waals surface area contributed by atoms with Gasteiger partial charge in [0, 0.05) is 6.07 Å². The molecule has 17 heavy (non-hydrogen) atoms. The minimum absolute atomic E-state index is 0.321. The van der Waals surface area contributed by atoms with Gasteiger partial charge >= 0.3 is 0 Å². The molecule has 1 heterocycles. The molecule has 0 aliphatic heterocycles. The highest BCUT2D eigenvalue weighted by Gasteiger charge is 2.14. The third-order valence-corrected chi connectivity index (χ3v) is 3.87. The maximum absolute atomic E-state index is 13.5. The number of hydrogen-bond donors (Lipinski definition) is 1. The Morgan fingerprint density at radius 1 is 1.41 bits per heavy atom. The van der Waals surface area contributed by atoms with Gasteiger partial charge in [0.2, 0.25) is 0 Å². The number of hydrogen-bond acceptors (Lipinski definition) is 2. The summed E-state index contributed by atoms with van der Waals surface area (Å²) in [5.74, 6) is -0.321. The standard InChI is InChI=1S/C11H10ClFIN3/c1-5-11(12)6(2)17(16-5)10-3-7(13)8(14)4-9(10)15/h3-4H,15H2,1-2H3. The molecule has 0 radical (unpaired) electrons. The van der Waals surface area contributed by atoms with E-state index in [4.69, 9.17) is 17.3 Å². The van der Waals surface area contributed by atoms with Crippen molar-refractivity contribution in [2.75, 3.05) is 5.73 Å². The van der Waals surface area contributed by atoms with Crippen LogP contribution in [0.4, 0.5) is 10.1 Å². The maximum atomic E-state index is 13.5. The van der Waals surface area contributed by atoms with Crippen LogP contribution in [0.1, 0.15) is 11.4 Å². The van der Waals surface area contributed by atoms with Gasteiger partial charge in [-0.1, -0.05) is 11.6 Å². The van der Waals surface area contributed by atoms with Gasteiger partial charge in [0.05, 0.1) is 31.4 Å². The first kappa shape index (κ1) is 12.6. The van der Waals surface area contributed by atoms with Crippen molar-refractivity contribution < 1.29 is 4.39 Å². The third kappa shape index (κ3) is 2.13. The van der Waals surface area contributed by atoms with Crippen LogP contribution in [-0.4, -0.2) is 9.78 Å². The summed E-state index contributed by atoms with van der Waals surface area (Å²) >= 11 is 7.95. The number of halogens is 3. The van der Waals surface area contributed by atoms with E-state index in [1.165, 1.54) is 6.07 Å². The maximum Gasteiger partial charge on any atom is 0.138 e. The Kier molecular flexibility index (Phi) is 3.31. The fourth-order valence-corrected chi connectivity index (χ4v) is 2.20. The minimum atomic E-state index is -0.321. The molecule has 0 spiro atoms. The lowest BCUT2D eigenvalue weighted by molar-refractivity contribution is 0.618. The number of anilines is 1. The summed E-state index contributed by atoms with van der Waals surface area (Å²) in [5.41, 5.74) is 8.30. The zero-order valence-corrected chi connectivity index (χ0v) is 12.2. The minimum Gasteiger partial charge on any atom is -0.397 e. The Bertz CT molecular complexity index is 595. The van der Waals surface area contributed by atoms with E-state index >= 15 is 0 Å². The van der Waals surface area contributed by atoms with Gasteiger partial charge in [0.1, 0.15) is 5.82 Å². The van der Waals surface area contributed by atoms with Crippen LogP contribution in [-0.2, 0) is 0 Å². The molecule has 2 rings (SSSR count). The molecule has 0 bridgehead atoms. The van der Waals surface area contributed by atoms with Crippen LogP contribution >= 0.6 is 34.2 Å². The van der Waals surface area contributed by atoms with Crippen molar-refractivity contribution in [3.05, 3.63) is 37.9 Å². The van der Waals surface area contributed by atoms with Gasteiger partial charge < -0.3 is 5.73 Å². The first-order chi connectivity index (χ1) is 7.91. The second-order valence-corrected chi connectivity index (χ2v) is 5.26. The van der Waals surface area contributed by atoms with E-state index in [2.05, 4.69) is 5.10 Å². The van der Waals surface area contributed by atoms with Gasteiger partial charge in [-0.2, -0.15) is 5.10 Å². The van der Waals surface area contributed by atoms with Crippen molar-refractivity contribution in [2.24, 2.45) is 0 Å². The van der Waals surface area contributed by atoms with Crippen LogP contribution in [0.25, 0.3) is 5.69 Å². The topological polar surface area (TPSA) is 43.8 Å². The molecule has 0 unspecified atom stereocenters. The van der Waals surface area contributed by atoms with Gasteiger partial charge in [-0.05, 0) is 42.5 Å². The molecular formula is C11H10ClFIN3. The molecule has 0 aliphatic carbocycles. The Balaban J connectivity index is 2.68. The zero-order chi connectivity index (χ0) is 12.7. The van der Waals surface area contributed by atoms with Crippen LogP contribution < -0.4 is 5.73 Å². The summed E-state index contributed by atoms with van der Waals surface area (Å²) < 4.78 is 15.6. The molecule has 0 aliphatic rings. The number of rotatable bonds is 1. The number of nitrogens with two attached hydrogens (primary N) is 1. The monoisotopic (exact) mass is 365 g/mol. The summed E-state index contributed by atoms with van der Waals surface area (Å²) in [6.45, 7) is 3.61. The quantitative estimate of drug-likeness (QED) is 0.621. The van der Waals surface area contributed by atoms with Gasteiger partial charge in [0.15, 0.2) is 0 Å². The highest BCUT2D eigenvalue weighted by molar-refractivity contribution is 14.1. The Hall–Kier alpha value is -0.820. The number of aromatic nitrogens is 2. The molecule has 0 saturated carbocycles. The molecule has 0 atom stereocenters. The molecule has 0 fully saturated rings. The molecule has 0 amide bonds. The van der Waals surface area contributed by atoms with Crippen LogP contribution in [0, 0.1) is 23.2 Å². The zero-order valence-electron chi connectivity index (χ0n) is 9.26. The van der Waals surface area contributed by atoms with E-state index in [-0.39, 0.29) is 5.82 Å². The highest BCUT2D eigenvalue weighted by atomic mass is 127. The van der Waals surface area contributed by atoms with Crippen LogP contribution in [0.15, 0.2) is 12.1 Å². The number of nitrogen functional groups attached to an aromatic ring is 1. The van der Waals surface area contributed by atoms with E-state index in [1.54, 1.807) is 17.7 Å². The number of nitrogens with zero attached hydrogens (tertiary/aromatic N) is 2. The molecule has 2 aromatic rings. The van der Waals surface area contributed by atoms with E-state index in [9.17, 15) is 4.39 Å². The lowest BCUT2D eigenvalue weighted by atomic mass is 10.2. The van der Waals surface area contributed by atoms with Crippen LogP contribution in [0.3, 0.4) is 0 Å². The van der Waals surface area contributed by atoms with Crippen molar-refractivity contribution in [3.8, 4) is 5.69 Å². The molecule has 2 N–H and O–H groups in total. The van der Waals surface area contributed by atoms with Crippen molar-refractivity contribution in [1.82, 2.24) is 9.78 Å². The summed E-state index contributed by atoms with van der Waals surface area (Å²) in [7, 11) is 0. The van der Waals surface area contributed by atoms with Crippen LogP contribution in [0.2, 0.25) is 5.02 Å². The Morgan fingerprint density at radius 3 is 2.59 bits per heavy atom.